The molecule has 0 unspecified atom stereocenters. The van der Waals surface area contributed by atoms with Gasteiger partial charge in [-0.1, -0.05) is 23.7 Å². The van der Waals surface area contributed by atoms with E-state index < -0.39 is 0 Å². The molecule has 0 fully saturated rings. The molecule has 2 amide bonds. The highest BCUT2D eigenvalue weighted by atomic mass is 35.5. The van der Waals surface area contributed by atoms with Crippen LogP contribution < -0.4 is 15.4 Å². The molecule has 110 valence electrons. The van der Waals surface area contributed by atoms with E-state index in [2.05, 4.69) is 15.6 Å². The molecular weight excluding hydrogens is 290 g/mol. The van der Waals surface area contributed by atoms with E-state index in [1.165, 1.54) is 7.11 Å². The van der Waals surface area contributed by atoms with Crippen LogP contribution in [-0.4, -0.2) is 24.7 Å². The summed E-state index contributed by atoms with van der Waals surface area (Å²) in [6, 6.07) is 8.70. The van der Waals surface area contributed by atoms with Crippen LogP contribution >= 0.6 is 11.6 Å². The Bertz CT molecular complexity index is 605. The fourth-order valence-electron chi connectivity index (χ4n) is 1.85. The quantitative estimate of drug-likeness (QED) is 0.892. The first-order chi connectivity index (χ1) is 10.2. The van der Waals surface area contributed by atoms with Crippen LogP contribution in [0.15, 0.2) is 42.7 Å². The summed E-state index contributed by atoms with van der Waals surface area (Å²) >= 11 is 5.99. The molecule has 1 heterocycles. The van der Waals surface area contributed by atoms with Crippen LogP contribution in [0.1, 0.15) is 5.56 Å². The Hall–Kier alpha value is -2.27. The van der Waals surface area contributed by atoms with E-state index in [0.29, 0.717) is 29.4 Å². The second-order valence-electron chi connectivity index (χ2n) is 4.31. The van der Waals surface area contributed by atoms with Gasteiger partial charge in [0, 0.05) is 18.9 Å². The summed E-state index contributed by atoms with van der Waals surface area (Å²) in [5.74, 6) is 0.446. The van der Waals surface area contributed by atoms with Crippen LogP contribution in [0.4, 0.5) is 10.5 Å². The molecule has 2 N–H and O–H groups in total. The molecule has 0 bridgehead atoms. The summed E-state index contributed by atoms with van der Waals surface area (Å²) in [6.45, 7) is 0.514. The van der Waals surface area contributed by atoms with Crippen molar-refractivity contribution >= 4 is 23.3 Å². The number of aromatic nitrogens is 1. The monoisotopic (exact) mass is 305 g/mol. The number of urea groups is 1. The lowest BCUT2D eigenvalue weighted by Gasteiger charge is -2.12. The zero-order valence-corrected chi connectivity index (χ0v) is 12.4. The number of benzene rings is 1. The van der Waals surface area contributed by atoms with Crippen molar-refractivity contribution < 1.29 is 9.53 Å². The number of anilines is 1. The normalized spacial score (nSPS) is 10.0. The van der Waals surface area contributed by atoms with Gasteiger partial charge in [0.1, 0.15) is 0 Å². The minimum atomic E-state index is -0.306. The molecule has 6 heteroatoms. The maximum Gasteiger partial charge on any atom is 0.319 e. The Labute approximate surface area is 128 Å². The van der Waals surface area contributed by atoms with Crippen molar-refractivity contribution in [3.05, 3.63) is 53.3 Å². The number of ether oxygens (including phenoxy) is 1. The molecule has 0 saturated heterocycles. The second kappa shape index (κ2) is 7.50. The number of carbonyl (C=O) groups excluding carboxylic acids is 1. The first-order valence-electron chi connectivity index (χ1n) is 6.47. The third-order valence-electron chi connectivity index (χ3n) is 2.84. The summed E-state index contributed by atoms with van der Waals surface area (Å²) in [4.78, 5) is 15.9. The highest BCUT2D eigenvalue weighted by molar-refractivity contribution is 6.32. The standard InChI is InChI=1S/C15H16ClN3O2/c1-21-14-12(16)5-2-6-13(14)19-15(20)18-9-7-11-4-3-8-17-10-11/h2-6,8,10H,7,9H2,1H3,(H2,18,19,20). The third-order valence-corrected chi connectivity index (χ3v) is 3.14. The first-order valence-corrected chi connectivity index (χ1v) is 6.84. The fraction of sp³-hybridized carbons (Fsp3) is 0.200. The summed E-state index contributed by atoms with van der Waals surface area (Å²) in [5.41, 5.74) is 1.60. The van der Waals surface area contributed by atoms with Crippen LogP contribution in [-0.2, 0) is 6.42 Å². The van der Waals surface area contributed by atoms with E-state index in [1.54, 1.807) is 30.6 Å². The third kappa shape index (κ3) is 4.36. The van der Waals surface area contributed by atoms with E-state index in [4.69, 9.17) is 16.3 Å². The first kappa shape index (κ1) is 15.1. The Morgan fingerprint density at radius 3 is 2.90 bits per heavy atom. The number of carbonyl (C=O) groups is 1. The summed E-state index contributed by atoms with van der Waals surface area (Å²) in [5, 5.41) is 5.94. The number of halogens is 1. The molecule has 0 aliphatic heterocycles. The van der Waals surface area contributed by atoms with Gasteiger partial charge < -0.3 is 15.4 Å². The molecule has 5 nitrogen and oxygen atoms in total. The van der Waals surface area contributed by atoms with Crippen LogP contribution in [0.5, 0.6) is 5.75 Å². The lowest BCUT2D eigenvalue weighted by Crippen LogP contribution is -2.30. The number of hydrogen-bond acceptors (Lipinski definition) is 3. The molecule has 0 saturated carbocycles. The maximum absolute atomic E-state index is 11.8. The Morgan fingerprint density at radius 2 is 2.19 bits per heavy atom. The van der Waals surface area contributed by atoms with Gasteiger partial charge in [-0.05, 0) is 30.2 Å². The SMILES string of the molecule is COc1c(Cl)cccc1NC(=O)NCCc1cccnc1. The van der Waals surface area contributed by atoms with Crippen LogP contribution in [0.25, 0.3) is 0 Å². The highest BCUT2D eigenvalue weighted by Gasteiger charge is 2.09. The van der Waals surface area contributed by atoms with Gasteiger partial charge in [-0.15, -0.1) is 0 Å². The van der Waals surface area contributed by atoms with Gasteiger partial charge in [0.05, 0.1) is 17.8 Å². The zero-order valence-electron chi connectivity index (χ0n) is 11.6. The molecule has 0 radical (unpaired) electrons. The van der Waals surface area contributed by atoms with Gasteiger partial charge in [-0.2, -0.15) is 0 Å². The average molecular weight is 306 g/mol. The van der Waals surface area contributed by atoms with Crippen LogP contribution in [0.3, 0.4) is 0 Å². The number of amides is 2. The molecule has 2 rings (SSSR count). The smallest absolute Gasteiger partial charge is 0.319 e. The average Bonchev–Trinajstić information content (AvgIpc) is 2.48. The molecule has 0 aliphatic carbocycles. The molecule has 0 spiro atoms. The van der Waals surface area contributed by atoms with Gasteiger partial charge in [-0.3, -0.25) is 4.98 Å². The van der Waals surface area contributed by atoms with Crippen molar-refractivity contribution in [1.29, 1.82) is 0 Å². The number of nitrogens with zero attached hydrogens (tertiary/aromatic N) is 1. The number of para-hydroxylation sites is 1. The molecule has 21 heavy (non-hydrogen) atoms. The van der Waals surface area contributed by atoms with Crippen molar-refractivity contribution in [2.45, 2.75) is 6.42 Å². The van der Waals surface area contributed by atoms with E-state index in [9.17, 15) is 4.79 Å². The van der Waals surface area contributed by atoms with Gasteiger partial charge in [0.2, 0.25) is 0 Å². The number of rotatable bonds is 5. The molecule has 1 aromatic heterocycles. The minimum Gasteiger partial charge on any atom is -0.493 e. The summed E-state index contributed by atoms with van der Waals surface area (Å²) in [7, 11) is 1.51. The van der Waals surface area contributed by atoms with Crippen molar-refractivity contribution in [3.63, 3.8) is 0 Å². The van der Waals surface area contributed by atoms with E-state index >= 15 is 0 Å². The lowest BCUT2D eigenvalue weighted by atomic mass is 10.2. The maximum atomic E-state index is 11.8. The minimum absolute atomic E-state index is 0.306. The topological polar surface area (TPSA) is 63.2 Å². The van der Waals surface area contributed by atoms with Crippen LogP contribution in [0, 0.1) is 0 Å². The molecular formula is C15H16ClN3O2. The number of nitrogens with one attached hydrogen (secondary N) is 2. The van der Waals surface area contributed by atoms with Crippen molar-refractivity contribution in [2.75, 3.05) is 19.0 Å². The molecule has 0 aliphatic rings. The van der Waals surface area contributed by atoms with Gasteiger partial charge in [-0.25, -0.2) is 4.79 Å². The predicted octanol–water partition coefficient (Wildman–Crippen LogP) is 3.11. The largest absolute Gasteiger partial charge is 0.493 e. The Morgan fingerprint density at radius 1 is 1.33 bits per heavy atom. The van der Waals surface area contributed by atoms with E-state index in [1.807, 2.05) is 12.1 Å². The number of hydrogen-bond donors (Lipinski definition) is 2. The number of methoxy groups -OCH3 is 1. The van der Waals surface area contributed by atoms with Gasteiger partial charge in [0.25, 0.3) is 0 Å². The van der Waals surface area contributed by atoms with Gasteiger partial charge >= 0.3 is 6.03 Å². The predicted molar refractivity (Wildman–Crippen MR) is 83.0 cm³/mol. The molecule has 1 aromatic carbocycles. The van der Waals surface area contributed by atoms with E-state index in [-0.39, 0.29) is 6.03 Å². The van der Waals surface area contributed by atoms with E-state index in [0.717, 1.165) is 5.56 Å². The highest BCUT2D eigenvalue weighted by Crippen LogP contribution is 2.32. The van der Waals surface area contributed by atoms with Crippen molar-refractivity contribution in [1.82, 2.24) is 10.3 Å². The Balaban J connectivity index is 1.86. The number of pyridine rings is 1. The van der Waals surface area contributed by atoms with Crippen molar-refractivity contribution in [2.24, 2.45) is 0 Å². The van der Waals surface area contributed by atoms with Crippen molar-refractivity contribution in [3.8, 4) is 5.75 Å². The summed E-state index contributed by atoms with van der Waals surface area (Å²) < 4.78 is 5.17. The second-order valence-corrected chi connectivity index (χ2v) is 4.72. The fourth-order valence-corrected chi connectivity index (χ4v) is 2.10. The lowest BCUT2D eigenvalue weighted by molar-refractivity contribution is 0.252. The Kier molecular flexibility index (Phi) is 5.40. The zero-order chi connectivity index (χ0) is 15.1. The molecule has 0 atom stereocenters. The molecule has 2 aromatic rings. The van der Waals surface area contributed by atoms with Crippen LogP contribution in [0.2, 0.25) is 5.02 Å². The summed E-state index contributed by atoms with van der Waals surface area (Å²) in [6.07, 6.45) is 4.21. The van der Waals surface area contributed by atoms with Gasteiger partial charge in [0.15, 0.2) is 5.75 Å².